The number of nitrogens with zero attached hydrogens (tertiary/aromatic N) is 1. The van der Waals surface area contributed by atoms with Gasteiger partial charge in [0.1, 0.15) is 0 Å². The third-order valence-electron chi connectivity index (χ3n) is 2.59. The molecule has 0 aliphatic rings. The molecule has 0 aliphatic heterocycles. The second kappa shape index (κ2) is 6.31. The van der Waals surface area contributed by atoms with Crippen LogP contribution in [0.15, 0.2) is 35.8 Å². The molecule has 4 heteroatoms. The van der Waals surface area contributed by atoms with Crippen molar-refractivity contribution in [1.29, 1.82) is 0 Å². The molecule has 0 unspecified atom stereocenters. The number of esters is 1. The highest BCUT2D eigenvalue weighted by molar-refractivity contribution is 7.09. The summed E-state index contributed by atoms with van der Waals surface area (Å²) in [5.74, 6) is -0.318. The first-order chi connectivity index (χ1) is 8.81. The molecule has 94 valence electrons. The van der Waals surface area contributed by atoms with Crippen LogP contribution in [-0.4, -0.2) is 17.6 Å². The second-order valence-electron chi connectivity index (χ2n) is 3.83. The van der Waals surface area contributed by atoms with Crippen molar-refractivity contribution in [2.24, 2.45) is 0 Å². The van der Waals surface area contributed by atoms with Gasteiger partial charge in [-0.05, 0) is 25.3 Å². The van der Waals surface area contributed by atoms with E-state index in [1.165, 1.54) is 16.9 Å². The molecule has 0 amide bonds. The molecule has 1 aromatic carbocycles. The van der Waals surface area contributed by atoms with Crippen LogP contribution in [0.5, 0.6) is 0 Å². The van der Waals surface area contributed by atoms with E-state index in [1.807, 2.05) is 18.2 Å². The van der Waals surface area contributed by atoms with Crippen LogP contribution in [-0.2, 0) is 17.6 Å². The monoisotopic (exact) mass is 261 g/mol. The van der Waals surface area contributed by atoms with Gasteiger partial charge in [0.15, 0.2) is 5.69 Å². The zero-order chi connectivity index (χ0) is 12.8. The van der Waals surface area contributed by atoms with E-state index in [0.29, 0.717) is 12.3 Å². The smallest absolute Gasteiger partial charge is 0.358 e. The first kappa shape index (κ1) is 12.8. The molecule has 0 radical (unpaired) electrons. The summed E-state index contributed by atoms with van der Waals surface area (Å²) >= 11 is 1.51. The third kappa shape index (κ3) is 3.17. The van der Waals surface area contributed by atoms with Crippen LogP contribution in [0, 0.1) is 0 Å². The first-order valence-corrected chi connectivity index (χ1v) is 6.82. The van der Waals surface area contributed by atoms with Crippen molar-refractivity contribution in [3.8, 4) is 0 Å². The summed E-state index contributed by atoms with van der Waals surface area (Å²) in [5.41, 5.74) is 3.44. The van der Waals surface area contributed by atoms with Gasteiger partial charge >= 0.3 is 5.97 Å². The predicted molar refractivity (Wildman–Crippen MR) is 71.9 cm³/mol. The molecule has 0 atom stereocenters. The molecule has 3 nitrogen and oxygen atoms in total. The Hall–Kier alpha value is -1.68. The highest BCUT2D eigenvalue weighted by Gasteiger charge is 2.15. The average Bonchev–Trinajstić information content (AvgIpc) is 2.86. The largest absolute Gasteiger partial charge is 0.461 e. The van der Waals surface area contributed by atoms with Gasteiger partial charge in [-0.3, -0.25) is 0 Å². The molecule has 18 heavy (non-hydrogen) atoms. The van der Waals surface area contributed by atoms with Crippen molar-refractivity contribution in [2.45, 2.75) is 19.8 Å². The van der Waals surface area contributed by atoms with Crippen molar-refractivity contribution in [2.75, 3.05) is 6.61 Å². The van der Waals surface area contributed by atoms with Crippen molar-refractivity contribution >= 4 is 17.3 Å². The van der Waals surface area contributed by atoms with E-state index >= 15 is 0 Å². The minimum atomic E-state index is -0.318. The Kier molecular flexibility index (Phi) is 4.47. The fraction of sp³-hybridized carbons (Fsp3) is 0.286. The number of benzene rings is 1. The minimum Gasteiger partial charge on any atom is -0.461 e. The predicted octanol–water partition coefficient (Wildman–Crippen LogP) is 3.11. The van der Waals surface area contributed by atoms with Crippen LogP contribution in [0.2, 0.25) is 0 Å². The first-order valence-electron chi connectivity index (χ1n) is 5.94. The standard InChI is InChI=1S/C14H15NO2S/c1-2-17-14(16)13-12(18-10-15-13)9-8-11-6-4-3-5-7-11/h3-7,10H,2,8-9H2,1H3. The van der Waals surface area contributed by atoms with Crippen LogP contribution in [0.3, 0.4) is 0 Å². The Bertz CT molecular complexity index is 508. The van der Waals surface area contributed by atoms with Gasteiger partial charge in [0.05, 0.1) is 12.1 Å². The summed E-state index contributed by atoms with van der Waals surface area (Å²) in [6.07, 6.45) is 1.73. The SMILES string of the molecule is CCOC(=O)c1ncsc1CCc1ccccc1. The third-order valence-corrected chi connectivity index (χ3v) is 3.49. The Morgan fingerprint density at radius 2 is 2.06 bits per heavy atom. The van der Waals surface area contributed by atoms with Crippen LogP contribution in [0.1, 0.15) is 27.9 Å². The lowest BCUT2D eigenvalue weighted by Crippen LogP contribution is -2.08. The van der Waals surface area contributed by atoms with E-state index in [1.54, 1.807) is 12.4 Å². The average molecular weight is 261 g/mol. The van der Waals surface area contributed by atoms with E-state index in [4.69, 9.17) is 4.74 Å². The fourth-order valence-corrected chi connectivity index (χ4v) is 2.47. The van der Waals surface area contributed by atoms with E-state index in [2.05, 4.69) is 17.1 Å². The Labute approximate surface area is 110 Å². The van der Waals surface area contributed by atoms with Crippen LogP contribution >= 0.6 is 11.3 Å². The molecule has 2 rings (SSSR count). The molecule has 0 aliphatic carbocycles. The zero-order valence-corrected chi connectivity index (χ0v) is 11.1. The van der Waals surface area contributed by atoms with Gasteiger partial charge in [-0.15, -0.1) is 11.3 Å². The summed E-state index contributed by atoms with van der Waals surface area (Å²) in [6, 6.07) is 10.2. The molecular weight excluding hydrogens is 246 g/mol. The molecule has 1 aromatic heterocycles. The zero-order valence-electron chi connectivity index (χ0n) is 10.3. The van der Waals surface area contributed by atoms with Gasteiger partial charge in [-0.2, -0.15) is 0 Å². The van der Waals surface area contributed by atoms with Gasteiger partial charge in [-0.1, -0.05) is 30.3 Å². The Morgan fingerprint density at radius 3 is 2.78 bits per heavy atom. The number of carbonyl (C=O) groups excluding carboxylic acids is 1. The van der Waals surface area contributed by atoms with Gasteiger partial charge in [-0.25, -0.2) is 9.78 Å². The van der Waals surface area contributed by atoms with Crippen molar-refractivity contribution in [3.05, 3.63) is 52.0 Å². The second-order valence-corrected chi connectivity index (χ2v) is 4.77. The molecule has 0 spiro atoms. The molecule has 0 saturated carbocycles. The topological polar surface area (TPSA) is 39.2 Å². The van der Waals surface area contributed by atoms with Crippen LogP contribution < -0.4 is 0 Å². The van der Waals surface area contributed by atoms with Gasteiger partial charge in [0.25, 0.3) is 0 Å². The summed E-state index contributed by atoms with van der Waals surface area (Å²) in [6.45, 7) is 2.18. The molecule has 0 fully saturated rings. The van der Waals surface area contributed by atoms with E-state index in [9.17, 15) is 4.79 Å². The van der Waals surface area contributed by atoms with E-state index in [0.717, 1.165) is 17.7 Å². The van der Waals surface area contributed by atoms with Crippen molar-refractivity contribution < 1.29 is 9.53 Å². The number of rotatable bonds is 5. The number of thiazole rings is 1. The quantitative estimate of drug-likeness (QED) is 0.776. The molecular formula is C14H15NO2S. The number of ether oxygens (including phenoxy) is 1. The normalized spacial score (nSPS) is 10.3. The summed E-state index contributed by atoms with van der Waals surface area (Å²) in [4.78, 5) is 16.7. The summed E-state index contributed by atoms with van der Waals surface area (Å²) in [5, 5.41) is 0. The van der Waals surface area contributed by atoms with Crippen molar-refractivity contribution in [3.63, 3.8) is 0 Å². The Balaban J connectivity index is 2.02. The summed E-state index contributed by atoms with van der Waals surface area (Å²) in [7, 11) is 0. The van der Waals surface area contributed by atoms with Crippen molar-refractivity contribution in [1.82, 2.24) is 4.98 Å². The van der Waals surface area contributed by atoms with E-state index < -0.39 is 0 Å². The van der Waals surface area contributed by atoms with Gasteiger partial charge in [0, 0.05) is 4.88 Å². The summed E-state index contributed by atoms with van der Waals surface area (Å²) < 4.78 is 4.98. The number of aromatic nitrogens is 1. The maximum atomic E-state index is 11.7. The lowest BCUT2D eigenvalue weighted by molar-refractivity contribution is 0.0519. The Morgan fingerprint density at radius 1 is 1.28 bits per heavy atom. The van der Waals surface area contributed by atoms with E-state index in [-0.39, 0.29) is 5.97 Å². The number of aryl methyl sites for hydroxylation is 2. The highest BCUT2D eigenvalue weighted by Crippen LogP contribution is 2.17. The lowest BCUT2D eigenvalue weighted by atomic mass is 10.1. The fourth-order valence-electron chi connectivity index (χ4n) is 1.72. The van der Waals surface area contributed by atoms with Gasteiger partial charge < -0.3 is 4.74 Å². The molecule has 0 N–H and O–H groups in total. The van der Waals surface area contributed by atoms with Crippen LogP contribution in [0.25, 0.3) is 0 Å². The number of hydrogen-bond donors (Lipinski definition) is 0. The minimum absolute atomic E-state index is 0.318. The molecule has 2 aromatic rings. The van der Waals surface area contributed by atoms with Gasteiger partial charge in [0.2, 0.25) is 0 Å². The number of hydrogen-bond acceptors (Lipinski definition) is 4. The molecule has 0 saturated heterocycles. The maximum Gasteiger partial charge on any atom is 0.358 e. The molecule has 0 bridgehead atoms. The lowest BCUT2D eigenvalue weighted by Gasteiger charge is -2.02. The highest BCUT2D eigenvalue weighted by atomic mass is 32.1. The maximum absolute atomic E-state index is 11.7. The molecule has 1 heterocycles. The number of carbonyl (C=O) groups is 1. The van der Waals surface area contributed by atoms with Crippen LogP contribution in [0.4, 0.5) is 0 Å².